The highest BCUT2D eigenvalue weighted by Crippen LogP contribution is 2.15. The minimum Gasteiger partial charge on any atom is -0.492 e. The normalized spacial score (nSPS) is 16.8. The average Bonchev–Trinajstić information content (AvgIpc) is 2.66. The Kier molecular flexibility index (Phi) is 6.24. The van der Waals surface area contributed by atoms with E-state index in [9.17, 15) is 4.79 Å². The fourth-order valence-corrected chi connectivity index (χ4v) is 3.01. The van der Waals surface area contributed by atoms with Crippen molar-refractivity contribution in [2.24, 2.45) is 0 Å². The second-order valence-corrected chi connectivity index (χ2v) is 6.40. The number of carbonyl (C=O) groups is 1. The summed E-state index contributed by atoms with van der Waals surface area (Å²) in [6, 6.07) is 9.58. The van der Waals surface area contributed by atoms with Crippen molar-refractivity contribution in [3.05, 3.63) is 48.3 Å². The number of nitrogens with zero attached hydrogens (tertiary/aromatic N) is 3. The van der Waals surface area contributed by atoms with Crippen LogP contribution in [-0.4, -0.2) is 48.3 Å². The van der Waals surface area contributed by atoms with Crippen LogP contribution in [0.5, 0.6) is 5.75 Å². The van der Waals surface area contributed by atoms with Gasteiger partial charge >= 0.3 is 6.03 Å². The first-order chi connectivity index (χ1) is 12.7. The molecule has 1 saturated heterocycles. The standard InChI is InChI=1S/C19H25N5O2/c1-15-5-2-7-17(13-15)26-12-10-22-19(25)23-16-6-3-11-24(14-16)18-20-8-4-9-21-18/h2,4-5,7-9,13,16H,3,6,10-12,14H2,1H3,(H2,22,23,25)/t16-/m0/s1. The summed E-state index contributed by atoms with van der Waals surface area (Å²) in [5, 5.41) is 5.87. The van der Waals surface area contributed by atoms with Gasteiger partial charge in [0.05, 0.1) is 6.54 Å². The third-order valence-electron chi connectivity index (χ3n) is 4.24. The topological polar surface area (TPSA) is 79.4 Å². The van der Waals surface area contributed by atoms with E-state index < -0.39 is 0 Å². The number of aromatic nitrogens is 2. The Labute approximate surface area is 153 Å². The van der Waals surface area contributed by atoms with E-state index in [1.54, 1.807) is 18.5 Å². The average molecular weight is 355 g/mol. The fourth-order valence-electron chi connectivity index (χ4n) is 3.01. The van der Waals surface area contributed by atoms with E-state index in [1.807, 2.05) is 31.2 Å². The first kappa shape index (κ1) is 18.0. The molecule has 0 radical (unpaired) electrons. The third-order valence-corrected chi connectivity index (χ3v) is 4.24. The summed E-state index contributed by atoms with van der Waals surface area (Å²) < 4.78 is 5.63. The van der Waals surface area contributed by atoms with Crippen LogP contribution in [-0.2, 0) is 0 Å². The van der Waals surface area contributed by atoms with Gasteiger partial charge in [0.2, 0.25) is 5.95 Å². The zero-order valence-electron chi connectivity index (χ0n) is 15.0. The van der Waals surface area contributed by atoms with E-state index in [2.05, 4.69) is 25.5 Å². The molecule has 1 aliphatic heterocycles. The van der Waals surface area contributed by atoms with E-state index in [-0.39, 0.29) is 12.1 Å². The van der Waals surface area contributed by atoms with Gasteiger partial charge in [-0.2, -0.15) is 0 Å². The van der Waals surface area contributed by atoms with Gasteiger partial charge < -0.3 is 20.3 Å². The van der Waals surface area contributed by atoms with Crippen LogP contribution in [0, 0.1) is 6.92 Å². The molecular formula is C19H25N5O2. The molecule has 7 nitrogen and oxygen atoms in total. The van der Waals surface area contributed by atoms with Gasteiger partial charge in [0.1, 0.15) is 12.4 Å². The molecule has 138 valence electrons. The van der Waals surface area contributed by atoms with Crippen LogP contribution >= 0.6 is 0 Å². The molecule has 2 N–H and O–H groups in total. The molecule has 0 unspecified atom stereocenters. The number of carbonyl (C=O) groups excluding carboxylic acids is 1. The largest absolute Gasteiger partial charge is 0.492 e. The highest BCUT2D eigenvalue weighted by atomic mass is 16.5. The third kappa shape index (κ3) is 5.34. The van der Waals surface area contributed by atoms with E-state index in [0.29, 0.717) is 19.1 Å². The van der Waals surface area contributed by atoms with Crippen LogP contribution in [0.3, 0.4) is 0 Å². The molecule has 1 aliphatic rings. The predicted molar refractivity (Wildman–Crippen MR) is 100 cm³/mol. The van der Waals surface area contributed by atoms with Gasteiger partial charge in [-0.05, 0) is 43.5 Å². The summed E-state index contributed by atoms with van der Waals surface area (Å²) >= 11 is 0. The van der Waals surface area contributed by atoms with Gasteiger partial charge in [0.25, 0.3) is 0 Å². The first-order valence-electron chi connectivity index (χ1n) is 8.96. The van der Waals surface area contributed by atoms with Crippen LogP contribution < -0.4 is 20.3 Å². The minimum atomic E-state index is -0.168. The van der Waals surface area contributed by atoms with Crippen molar-refractivity contribution in [3.63, 3.8) is 0 Å². The number of amides is 2. The van der Waals surface area contributed by atoms with E-state index >= 15 is 0 Å². The van der Waals surface area contributed by atoms with Crippen LogP contribution in [0.25, 0.3) is 0 Å². The Bertz CT molecular complexity index is 710. The van der Waals surface area contributed by atoms with E-state index in [0.717, 1.165) is 37.2 Å². The Morgan fingerprint density at radius 2 is 2.15 bits per heavy atom. The molecule has 1 aromatic carbocycles. The number of aryl methyl sites for hydroxylation is 1. The van der Waals surface area contributed by atoms with Gasteiger partial charge in [-0.1, -0.05) is 12.1 Å². The molecule has 2 amide bonds. The fraction of sp³-hybridized carbons (Fsp3) is 0.421. The van der Waals surface area contributed by atoms with Gasteiger partial charge in [-0.25, -0.2) is 14.8 Å². The summed E-state index contributed by atoms with van der Waals surface area (Å²) in [7, 11) is 0. The van der Waals surface area contributed by atoms with Gasteiger partial charge in [-0.3, -0.25) is 0 Å². The van der Waals surface area contributed by atoms with Crippen LogP contribution in [0.15, 0.2) is 42.7 Å². The van der Waals surface area contributed by atoms with Gasteiger partial charge in [0, 0.05) is 31.5 Å². The van der Waals surface area contributed by atoms with Crippen molar-refractivity contribution in [1.82, 2.24) is 20.6 Å². The second kappa shape index (κ2) is 9.03. The maximum Gasteiger partial charge on any atom is 0.315 e. The minimum absolute atomic E-state index is 0.0882. The highest BCUT2D eigenvalue weighted by Gasteiger charge is 2.22. The quantitative estimate of drug-likeness (QED) is 0.776. The number of anilines is 1. The Morgan fingerprint density at radius 3 is 2.96 bits per heavy atom. The van der Waals surface area contributed by atoms with Crippen molar-refractivity contribution in [1.29, 1.82) is 0 Å². The predicted octanol–water partition coefficient (Wildman–Crippen LogP) is 2.13. The van der Waals surface area contributed by atoms with Gasteiger partial charge in [0.15, 0.2) is 0 Å². The zero-order chi connectivity index (χ0) is 18.2. The molecule has 0 bridgehead atoms. The van der Waals surface area contributed by atoms with E-state index in [4.69, 9.17) is 4.74 Å². The number of hydrogen-bond donors (Lipinski definition) is 2. The van der Waals surface area contributed by atoms with Crippen LogP contribution in [0.2, 0.25) is 0 Å². The molecule has 7 heteroatoms. The molecule has 2 heterocycles. The number of rotatable bonds is 6. The molecular weight excluding hydrogens is 330 g/mol. The summed E-state index contributed by atoms with van der Waals surface area (Å²) in [5.41, 5.74) is 1.15. The van der Waals surface area contributed by atoms with Gasteiger partial charge in [-0.15, -0.1) is 0 Å². The molecule has 2 aromatic rings. The summed E-state index contributed by atoms with van der Waals surface area (Å²) in [6.45, 7) is 4.54. The lowest BCUT2D eigenvalue weighted by Crippen LogP contribution is -2.51. The Hall–Kier alpha value is -2.83. The number of ether oxygens (including phenoxy) is 1. The van der Waals surface area contributed by atoms with E-state index in [1.165, 1.54) is 0 Å². The van der Waals surface area contributed by atoms with Crippen LogP contribution in [0.4, 0.5) is 10.7 Å². The lowest BCUT2D eigenvalue weighted by Gasteiger charge is -2.33. The monoisotopic (exact) mass is 355 g/mol. The summed E-state index contributed by atoms with van der Waals surface area (Å²) in [6.07, 6.45) is 5.43. The smallest absolute Gasteiger partial charge is 0.315 e. The van der Waals surface area contributed by atoms with Crippen molar-refractivity contribution in [2.45, 2.75) is 25.8 Å². The number of piperidine rings is 1. The Balaban J connectivity index is 1.37. The maximum absolute atomic E-state index is 12.1. The summed E-state index contributed by atoms with van der Waals surface area (Å²) in [5.74, 6) is 1.53. The summed E-state index contributed by atoms with van der Waals surface area (Å²) in [4.78, 5) is 22.8. The molecule has 1 fully saturated rings. The highest BCUT2D eigenvalue weighted by molar-refractivity contribution is 5.74. The number of nitrogens with one attached hydrogen (secondary N) is 2. The molecule has 3 rings (SSSR count). The molecule has 1 atom stereocenters. The molecule has 0 saturated carbocycles. The number of hydrogen-bond acceptors (Lipinski definition) is 5. The van der Waals surface area contributed by atoms with Crippen molar-refractivity contribution >= 4 is 12.0 Å². The van der Waals surface area contributed by atoms with Crippen molar-refractivity contribution < 1.29 is 9.53 Å². The van der Waals surface area contributed by atoms with Crippen molar-refractivity contribution in [3.8, 4) is 5.75 Å². The molecule has 0 aliphatic carbocycles. The second-order valence-electron chi connectivity index (χ2n) is 6.40. The molecule has 26 heavy (non-hydrogen) atoms. The molecule has 0 spiro atoms. The number of urea groups is 1. The lowest BCUT2D eigenvalue weighted by atomic mass is 10.1. The first-order valence-corrected chi connectivity index (χ1v) is 8.96. The van der Waals surface area contributed by atoms with Crippen molar-refractivity contribution in [2.75, 3.05) is 31.1 Å². The Morgan fingerprint density at radius 1 is 1.31 bits per heavy atom. The zero-order valence-corrected chi connectivity index (χ0v) is 15.0. The van der Waals surface area contributed by atoms with Crippen LogP contribution in [0.1, 0.15) is 18.4 Å². The number of benzene rings is 1. The molecule has 1 aromatic heterocycles. The lowest BCUT2D eigenvalue weighted by molar-refractivity contribution is 0.231. The SMILES string of the molecule is Cc1cccc(OCCNC(=O)N[C@H]2CCCN(c3ncccn3)C2)c1. The maximum atomic E-state index is 12.1.